The number of benzene rings is 1. The monoisotopic (exact) mass is 292 g/mol. The summed E-state index contributed by atoms with van der Waals surface area (Å²) in [5, 5.41) is 0. The first-order chi connectivity index (χ1) is 8.15. The van der Waals surface area contributed by atoms with Gasteiger partial charge in [-0.2, -0.15) is 0 Å². The van der Waals surface area contributed by atoms with Crippen molar-refractivity contribution in [2.45, 2.75) is 13.0 Å². The largest absolute Gasteiger partial charge is 0.456 e. The van der Waals surface area contributed by atoms with Gasteiger partial charge in [-0.15, -0.1) is 0 Å². The van der Waals surface area contributed by atoms with Gasteiger partial charge in [0.15, 0.2) is 0 Å². The molecule has 0 unspecified atom stereocenters. The second kappa shape index (κ2) is 5.29. The summed E-state index contributed by atoms with van der Waals surface area (Å²) in [5.74, 6) is 1.49. The number of nitrogens with two attached hydrogens (primary N) is 1. The van der Waals surface area contributed by atoms with E-state index in [1.807, 2.05) is 43.3 Å². The summed E-state index contributed by atoms with van der Waals surface area (Å²) >= 11 is 3.37. The summed E-state index contributed by atoms with van der Waals surface area (Å²) < 4.78 is 6.67. The minimum Gasteiger partial charge on any atom is -0.456 e. The Balaban J connectivity index is 2.11. The van der Waals surface area contributed by atoms with Crippen molar-refractivity contribution < 1.29 is 4.74 Å². The molecule has 3 nitrogen and oxygen atoms in total. The molecule has 4 heteroatoms. The fourth-order valence-corrected chi connectivity index (χ4v) is 1.62. The van der Waals surface area contributed by atoms with Gasteiger partial charge in [-0.05, 0) is 43.3 Å². The van der Waals surface area contributed by atoms with E-state index >= 15 is 0 Å². The molecule has 1 aromatic heterocycles. The van der Waals surface area contributed by atoms with Crippen LogP contribution < -0.4 is 10.5 Å². The number of rotatable bonds is 3. The van der Waals surface area contributed by atoms with Crippen LogP contribution in [0.5, 0.6) is 11.5 Å². The Morgan fingerprint density at radius 1 is 1.12 bits per heavy atom. The third-order valence-corrected chi connectivity index (χ3v) is 2.80. The highest BCUT2D eigenvalue weighted by molar-refractivity contribution is 9.10. The number of hydrogen-bond acceptors (Lipinski definition) is 3. The maximum Gasteiger partial charge on any atom is 0.145 e. The van der Waals surface area contributed by atoms with Crippen LogP contribution in [0, 0.1) is 0 Å². The van der Waals surface area contributed by atoms with Gasteiger partial charge >= 0.3 is 0 Å². The van der Waals surface area contributed by atoms with Crippen LogP contribution in [0.3, 0.4) is 0 Å². The predicted octanol–water partition coefficient (Wildman–Crippen LogP) is 3.66. The smallest absolute Gasteiger partial charge is 0.145 e. The number of ether oxygens (including phenoxy) is 1. The van der Waals surface area contributed by atoms with Crippen molar-refractivity contribution in [1.29, 1.82) is 0 Å². The van der Waals surface area contributed by atoms with Gasteiger partial charge in [0.1, 0.15) is 11.5 Å². The fraction of sp³-hybridized carbons (Fsp3) is 0.154. The second-order valence-corrected chi connectivity index (χ2v) is 4.68. The molecule has 0 aliphatic rings. The van der Waals surface area contributed by atoms with Crippen molar-refractivity contribution in [1.82, 2.24) is 4.98 Å². The molecule has 2 aromatic rings. The Morgan fingerprint density at radius 3 is 2.29 bits per heavy atom. The second-order valence-electron chi connectivity index (χ2n) is 3.76. The molecule has 0 radical (unpaired) electrons. The zero-order valence-electron chi connectivity index (χ0n) is 9.43. The van der Waals surface area contributed by atoms with Crippen LogP contribution >= 0.6 is 15.9 Å². The van der Waals surface area contributed by atoms with Gasteiger partial charge in [0.2, 0.25) is 0 Å². The molecule has 17 heavy (non-hydrogen) atoms. The summed E-state index contributed by atoms with van der Waals surface area (Å²) in [6.07, 6.45) is 1.68. The lowest BCUT2D eigenvalue weighted by Gasteiger charge is -2.07. The average Bonchev–Trinajstić information content (AvgIpc) is 2.33. The fourth-order valence-electron chi connectivity index (χ4n) is 1.36. The molecule has 0 aliphatic heterocycles. The van der Waals surface area contributed by atoms with Gasteiger partial charge in [-0.3, -0.25) is 4.98 Å². The summed E-state index contributed by atoms with van der Waals surface area (Å²) in [6.45, 7) is 1.90. The van der Waals surface area contributed by atoms with Crippen LogP contribution in [0.2, 0.25) is 0 Å². The normalized spacial score (nSPS) is 12.2. The molecule has 2 rings (SSSR count). The van der Waals surface area contributed by atoms with Crippen LogP contribution in [0.15, 0.2) is 47.1 Å². The van der Waals surface area contributed by atoms with E-state index in [1.165, 1.54) is 0 Å². The number of pyridine rings is 1. The first-order valence-electron chi connectivity index (χ1n) is 5.30. The molecule has 1 aromatic carbocycles. The van der Waals surface area contributed by atoms with E-state index < -0.39 is 0 Å². The van der Waals surface area contributed by atoms with Crippen molar-refractivity contribution in [2.24, 2.45) is 5.73 Å². The van der Waals surface area contributed by atoms with Gasteiger partial charge in [0.05, 0.1) is 11.9 Å². The van der Waals surface area contributed by atoms with E-state index in [-0.39, 0.29) is 6.04 Å². The van der Waals surface area contributed by atoms with Crippen LogP contribution in [-0.2, 0) is 0 Å². The Hall–Kier alpha value is -1.39. The molecule has 0 spiro atoms. The third kappa shape index (κ3) is 3.28. The Morgan fingerprint density at radius 2 is 1.76 bits per heavy atom. The molecular formula is C13H13BrN2O. The molecule has 1 heterocycles. The molecule has 0 fully saturated rings. The highest BCUT2D eigenvalue weighted by Crippen LogP contribution is 2.23. The lowest BCUT2D eigenvalue weighted by atomic mass is 10.2. The van der Waals surface area contributed by atoms with Crippen LogP contribution in [0.25, 0.3) is 0 Å². The SMILES string of the molecule is C[C@@H](N)c1ccc(Oc2ccc(Br)cc2)cn1. The lowest BCUT2D eigenvalue weighted by Crippen LogP contribution is -2.06. The van der Waals surface area contributed by atoms with Crippen molar-refractivity contribution in [3.05, 3.63) is 52.8 Å². The number of nitrogens with zero attached hydrogens (tertiary/aromatic N) is 1. The zero-order chi connectivity index (χ0) is 12.3. The maximum atomic E-state index is 5.72. The zero-order valence-corrected chi connectivity index (χ0v) is 11.0. The summed E-state index contributed by atoms with van der Waals surface area (Å²) in [4.78, 5) is 4.23. The topological polar surface area (TPSA) is 48.1 Å². The Labute approximate surface area is 109 Å². The highest BCUT2D eigenvalue weighted by Gasteiger charge is 2.02. The maximum absolute atomic E-state index is 5.72. The van der Waals surface area contributed by atoms with Gasteiger partial charge in [-0.1, -0.05) is 15.9 Å². The molecule has 0 saturated heterocycles. The molecule has 0 saturated carbocycles. The molecule has 0 amide bonds. The van der Waals surface area contributed by atoms with E-state index in [2.05, 4.69) is 20.9 Å². The van der Waals surface area contributed by atoms with E-state index in [0.29, 0.717) is 5.75 Å². The summed E-state index contributed by atoms with van der Waals surface area (Å²) in [6, 6.07) is 11.3. The van der Waals surface area contributed by atoms with Crippen LogP contribution in [0.4, 0.5) is 0 Å². The van der Waals surface area contributed by atoms with Crippen LogP contribution in [0.1, 0.15) is 18.7 Å². The average molecular weight is 293 g/mol. The van der Waals surface area contributed by atoms with Crippen molar-refractivity contribution in [3.63, 3.8) is 0 Å². The third-order valence-electron chi connectivity index (χ3n) is 2.28. The highest BCUT2D eigenvalue weighted by atomic mass is 79.9. The Kier molecular flexibility index (Phi) is 3.76. The minimum atomic E-state index is -0.0586. The molecule has 0 aliphatic carbocycles. The molecule has 1 atom stereocenters. The lowest BCUT2D eigenvalue weighted by molar-refractivity contribution is 0.479. The van der Waals surface area contributed by atoms with Gasteiger partial charge in [0, 0.05) is 10.5 Å². The summed E-state index contributed by atoms with van der Waals surface area (Å²) in [5.41, 5.74) is 6.58. The Bertz CT molecular complexity index is 480. The van der Waals surface area contributed by atoms with E-state index in [0.717, 1.165) is 15.9 Å². The molecule has 0 bridgehead atoms. The van der Waals surface area contributed by atoms with Gasteiger partial charge < -0.3 is 10.5 Å². The molecule has 2 N–H and O–H groups in total. The predicted molar refractivity (Wildman–Crippen MR) is 71.1 cm³/mol. The van der Waals surface area contributed by atoms with Crippen molar-refractivity contribution >= 4 is 15.9 Å². The minimum absolute atomic E-state index is 0.0586. The summed E-state index contributed by atoms with van der Waals surface area (Å²) in [7, 11) is 0. The number of halogens is 1. The van der Waals surface area contributed by atoms with Crippen molar-refractivity contribution in [2.75, 3.05) is 0 Å². The van der Waals surface area contributed by atoms with Crippen LogP contribution in [-0.4, -0.2) is 4.98 Å². The standard InChI is InChI=1S/C13H13BrN2O/c1-9(15)13-7-6-12(8-16-13)17-11-4-2-10(14)3-5-11/h2-9H,15H2,1H3/t9-/m1/s1. The first kappa shape index (κ1) is 12.1. The number of hydrogen-bond donors (Lipinski definition) is 1. The molecule has 88 valence electrons. The quantitative estimate of drug-likeness (QED) is 0.939. The van der Waals surface area contributed by atoms with E-state index in [4.69, 9.17) is 10.5 Å². The molecular weight excluding hydrogens is 280 g/mol. The van der Waals surface area contributed by atoms with E-state index in [9.17, 15) is 0 Å². The van der Waals surface area contributed by atoms with Gasteiger partial charge in [-0.25, -0.2) is 0 Å². The first-order valence-corrected chi connectivity index (χ1v) is 6.09. The van der Waals surface area contributed by atoms with Crippen molar-refractivity contribution in [3.8, 4) is 11.5 Å². The number of aromatic nitrogens is 1. The van der Waals surface area contributed by atoms with E-state index in [1.54, 1.807) is 6.20 Å². The van der Waals surface area contributed by atoms with Gasteiger partial charge in [0.25, 0.3) is 0 Å².